The maximum atomic E-state index is 12.9. The van der Waals surface area contributed by atoms with Crippen LogP contribution in [-0.4, -0.2) is 78.8 Å². The summed E-state index contributed by atoms with van der Waals surface area (Å²) in [5.74, 6) is -0.366. The summed E-state index contributed by atoms with van der Waals surface area (Å²) >= 11 is 0.783. The summed E-state index contributed by atoms with van der Waals surface area (Å²) in [7, 11) is 0. The van der Waals surface area contributed by atoms with Gasteiger partial charge in [-0.15, -0.1) is 0 Å². The van der Waals surface area contributed by atoms with Crippen LogP contribution in [0.15, 0.2) is 47.4 Å². The van der Waals surface area contributed by atoms with E-state index in [2.05, 4.69) is 5.32 Å². The molecule has 0 aliphatic carbocycles. The smallest absolute Gasteiger partial charge is 0.294 e. The Morgan fingerprint density at radius 3 is 2.50 bits per heavy atom. The third-order valence-electron chi connectivity index (χ3n) is 5.79. The molecule has 11 heteroatoms. The second-order valence-electron chi connectivity index (χ2n) is 8.60. The van der Waals surface area contributed by atoms with E-state index in [0.717, 1.165) is 22.2 Å². The second kappa shape index (κ2) is 12.6. The lowest BCUT2D eigenvalue weighted by Gasteiger charge is -2.28. The van der Waals surface area contributed by atoms with E-state index in [1.54, 1.807) is 29.2 Å². The first-order valence-electron chi connectivity index (χ1n) is 12.2. The van der Waals surface area contributed by atoms with Gasteiger partial charge in [-0.1, -0.05) is 23.8 Å². The molecule has 2 fully saturated rings. The van der Waals surface area contributed by atoms with Crippen LogP contribution in [0.1, 0.15) is 18.1 Å². The van der Waals surface area contributed by atoms with Crippen molar-refractivity contribution in [2.24, 2.45) is 0 Å². The van der Waals surface area contributed by atoms with Gasteiger partial charge in [-0.25, -0.2) is 0 Å². The summed E-state index contributed by atoms with van der Waals surface area (Å²) in [6, 6.07) is 12.4. The number of carbonyl (C=O) groups excluding carboxylic acids is 4. The molecule has 4 rings (SSSR count). The van der Waals surface area contributed by atoms with Gasteiger partial charge >= 0.3 is 0 Å². The molecule has 1 N–H and O–H groups in total. The summed E-state index contributed by atoms with van der Waals surface area (Å²) in [6.07, 6.45) is 1.57. The molecule has 0 radical (unpaired) electrons. The number of carbonyl (C=O) groups is 4. The van der Waals surface area contributed by atoms with Crippen molar-refractivity contribution in [3.63, 3.8) is 0 Å². The number of aryl methyl sites for hydroxylation is 1. The Morgan fingerprint density at radius 2 is 1.79 bits per heavy atom. The van der Waals surface area contributed by atoms with Gasteiger partial charge in [-0.05, 0) is 61.5 Å². The van der Waals surface area contributed by atoms with E-state index in [1.165, 1.54) is 0 Å². The number of benzene rings is 2. The van der Waals surface area contributed by atoms with Crippen LogP contribution >= 0.6 is 11.8 Å². The Labute approximate surface area is 224 Å². The minimum Gasteiger partial charge on any atom is -0.490 e. The first-order chi connectivity index (χ1) is 18.3. The number of rotatable bonds is 9. The molecule has 0 bridgehead atoms. The summed E-state index contributed by atoms with van der Waals surface area (Å²) in [6.45, 7) is 5.37. The third-order valence-corrected chi connectivity index (χ3v) is 6.70. The highest BCUT2D eigenvalue weighted by Crippen LogP contribution is 2.34. The number of imide groups is 1. The van der Waals surface area contributed by atoms with Crippen molar-refractivity contribution in [3.8, 4) is 11.5 Å². The molecule has 2 heterocycles. The number of nitrogens with one attached hydrogen (secondary N) is 1. The van der Waals surface area contributed by atoms with Gasteiger partial charge < -0.3 is 24.4 Å². The van der Waals surface area contributed by atoms with Crippen LogP contribution in [0.5, 0.6) is 11.5 Å². The quantitative estimate of drug-likeness (QED) is 0.483. The normalized spacial score (nSPS) is 16.6. The Morgan fingerprint density at radius 1 is 1.05 bits per heavy atom. The van der Waals surface area contributed by atoms with Crippen LogP contribution in [-0.2, 0) is 19.1 Å². The zero-order chi connectivity index (χ0) is 27.1. The highest BCUT2D eigenvalue weighted by molar-refractivity contribution is 8.18. The molecule has 0 spiro atoms. The number of amides is 4. The predicted octanol–water partition coefficient (Wildman–Crippen LogP) is 3.31. The fraction of sp³-hybridized carbons (Fsp3) is 0.333. The predicted molar refractivity (Wildman–Crippen MR) is 143 cm³/mol. The largest absolute Gasteiger partial charge is 0.490 e. The lowest BCUT2D eigenvalue weighted by Crippen LogP contribution is -2.46. The Kier molecular flexibility index (Phi) is 9.03. The molecule has 0 unspecified atom stereocenters. The number of morpholine rings is 1. The molecule has 200 valence electrons. The van der Waals surface area contributed by atoms with Crippen LogP contribution < -0.4 is 14.8 Å². The number of anilines is 1. The van der Waals surface area contributed by atoms with E-state index in [4.69, 9.17) is 14.2 Å². The van der Waals surface area contributed by atoms with Crippen LogP contribution in [0.2, 0.25) is 0 Å². The lowest BCUT2D eigenvalue weighted by atomic mass is 10.2. The van der Waals surface area contributed by atoms with Gasteiger partial charge in [0, 0.05) is 18.8 Å². The molecule has 10 nitrogen and oxygen atoms in total. The summed E-state index contributed by atoms with van der Waals surface area (Å²) < 4.78 is 16.6. The summed E-state index contributed by atoms with van der Waals surface area (Å²) in [5, 5.41) is 2.28. The second-order valence-corrected chi connectivity index (χ2v) is 9.60. The summed E-state index contributed by atoms with van der Waals surface area (Å²) in [5.41, 5.74) is 2.37. The van der Waals surface area contributed by atoms with E-state index in [9.17, 15) is 19.2 Å². The van der Waals surface area contributed by atoms with Crippen molar-refractivity contribution >= 4 is 46.5 Å². The fourth-order valence-corrected chi connectivity index (χ4v) is 4.65. The molecule has 2 saturated heterocycles. The van der Waals surface area contributed by atoms with Crippen LogP contribution in [0, 0.1) is 6.92 Å². The van der Waals surface area contributed by atoms with Gasteiger partial charge in [0.2, 0.25) is 5.91 Å². The van der Waals surface area contributed by atoms with Crippen LogP contribution in [0.4, 0.5) is 10.5 Å². The van der Waals surface area contributed by atoms with E-state index in [0.29, 0.717) is 55.7 Å². The molecule has 2 aliphatic heterocycles. The van der Waals surface area contributed by atoms with Crippen molar-refractivity contribution in [1.29, 1.82) is 0 Å². The molecule has 2 aromatic carbocycles. The Hall–Kier alpha value is -3.83. The highest BCUT2D eigenvalue weighted by atomic mass is 32.2. The maximum Gasteiger partial charge on any atom is 0.294 e. The van der Waals surface area contributed by atoms with E-state index in [-0.39, 0.29) is 29.9 Å². The standard InChI is InChI=1S/C27H29N3O7S/c1-3-36-22-14-19(6-9-21(22)37-17-24(31)28-20-7-4-18(2)5-8-20)15-23-26(33)30(27(34)38-23)16-25(32)29-10-12-35-13-11-29/h4-9,14-15H,3,10-13,16-17H2,1-2H3,(H,28,31)/b23-15-. The van der Waals surface area contributed by atoms with Gasteiger partial charge in [0.05, 0.1) is 24.7 Å². The minimum absolute atomic E-state index is 0.207. The SMILES string of the molecule is CCOc1cc(/C=C2\SC(=O)N(CC(=O)N3CCOCC3)C2=O)ccc1OCC(=O)Nc1ccc(C)cc1. The van der Waals surface area contributed by atoms with Crippen LogP contribution in [0.25, 0.3) is 6.08 Å². The van der Waals surface area contributed by atoms with E-state index < -0.39 is 11.1 Å². The topological polar surface area (TPSA) is 114 Å². The number of ether oxygens (including phenoxy) is 3. The van der Waals surface area contributed by atoms with E-state index >= 15 is 0 Å². The Balaban J connectivity index is 1.40. The van der Waals surface area contributed by atoms with Gasteiger partial charge in [-0.2, -0.15) is 0 Å². The van der Waals surface area contributed by atoms with Crippen molar-refractivity contribution in [1.82, 2.24) is 9.80 Å². The zero-order valence-corrected chi connectivity index (χ0v) is 22.0. The highest BCUT2D eigenvalue weighted by Gasteiger charge is 2.37. The molecule has 4 amide bonds. The fourth-order valence-electron chi connectivity index (χ4n) is 3.81. The average molecular weight is 540 g/mol. The monoisotopic (exact) mass is 539 g/mol. The molecule has 2 aromatic rings. The Bertz CT molecular complexity index is 1240. The van der Waals surface area contributed by atoms with Crippen molar-refractivity contribution in [3.05, 3.63) is 58.5 Å². The number of hydrogen-bond acceptors (Lipinski definition) is 8. The third kappa shape index (κ3) is 6.93. The van der Waals surface area contributed by atoms with Crippen molar-refractivity contribution < 1.29 is 33.4 Å². The molecule has 2 aliphatic rings. The molecule has 0 saturated carbocycles. The van der Waals surface area contributed by atoms with Gasteiger partial charge in [0.15, 0.2) is 18.1 Å². The molecular weight excluding hydrogens is 510 g/mol. The van der Waals surface area contributed by atoms with Crippen LogP contribution in [0.3, 0.4) is 0 Å². The van der Waals surface area contributed by atoms with Gasteiger partial charge in [-0.3, -0.25) is 24.1 Å². The van der Waals surface area contributed by atoms with Gasteiger partial charge in [0.1, 0.15) is 6.54 Å². The molecule has 0 atom stereocenters. The first kappa shape index (κ1) is 27.2. The van der Waals surface area contributed by atoms with Crippen molar-refractivity contribution in [2.45, 2.75) is 13.8 Å². The molecule has 38 heavy (non-hydrogen) atoms. The number of hydrogen-bond donors (Lipinski definition) is 1. The zero-order valence-electron chi connectivity index (χ0n) is 21.2. The summed E-state index contributed by atoms with van der Waals surface area (Å²) in [4.78, 5) is 53.0. The number of thioether (sulfide) groups is 1. The van der Waals surface area contributed by atoms with Crippen molar-refractivity contribution in [2.75, 3.05) is 51.4 Å². The molecule has 0 aromatic heterocycles. The van der Waals surface area contributed by atoms with Gasteiger partial charge in [0.25, 0.3) is 17.1 Å². The maximum absolute atomic E-state index is 12.9. The minimum atomic E-state index is -0.521. The average Bonchev–Trinajstić information content (AvgIpc) is 3.17. The lowest BCUT2D eigenvalue weighted by molar-refractivity contribution is -0.139. The molecular formula is C27H29N3O7S. The van der Waals surface area contributed by atoms with E-state index in [1.807, 2.05) is 38.1 Å². The number of nitrogens with zero attached hydrogens (tertiary/aromatic N) is 2. The first-order valence-corrected chi connectivity index (χ1v) is 13.0.